The average molecular weight is 327 g/mol. The molecule has 1 heterocycles. The Morgan fingerprint density at radius 3 is 2.46 bits per heavy atom. The van der Waals surface area contributed by atoms with Gasteiger partial charge < -0.3 is 20.7 Å². The van der Waals surface area contributed by atoms with Crippen LogP contribution in [0.25, 0.3) is 0 Å². The molecule has 0 aliphatic carbocycles. The van der Waals surface area contributed by atoms with E-state index < -0.39 is 0 Å². The van der Waals surface area contributed by atoms with Crippen molar-refractivity contribution in [1.29, 1.82) is 0 Å². The third-order valence-corrected chi connectivity index (χ3v) is 3.70. The lowest BCUT2D eigenvalue weighted by Crippen LogP contribution is -2.18. The maximum absolute atomic E-state index is 5.74. The zero-order chi connectivity index (χ0) is 17.7. The normalized spacial score (nSPS) is 10.3. The Balaban J connectivity index is 2.41. The summed E-state index contributed by atoms with van der Waals surface area (Å²) in [6.45, 7) is 3.91. The number of nitrogens with two attached hydrogens (primary N) is 1. The topological polar surface area (TPSA) is 76.3 Å². The smallest absolute Gasteiger partial charge is 0.137 e. The number of ether oxygens (including phenoxy) is 1. The first-order valence-corrected chi connectivity index (χ1v) is 7.75. The first-order chi connectivity index (χ1) is 11.4. The van der Waals surface area contributed by atoms with Gasteiger partial charge in [0.05, 0.1) is 12.9 Å². The van der Waals surface area contributed by atoms with E-state index in [0.29, 0.717) is 18.6 Å². The van der Waals surface area contributed by atoms with Gasteiger partial charge in [0.25, 0.3) is 0 Å². The number of allylic oxidation sites excluding steroid dienone is 1. The van der Waals surface area contributed by atoms with Gasteiger partial charge >= 0.3 is 0 Å². The van der Waals surface area contributed by atoms with Gasteiger partial charge in [0.1, 0.15) is 17.5 Å². The van der Waals surface area contributed by atoms with Gasteiger partial charge in [-0.1, -0.05) is 18.7 Å². The number of hydrogen-bond donors (Lipinski definition) is 2. The second-order valence-electron chi connectivity index (χ2n) is 5.77. The third-order valence-electron chi connectivity index (χ3n) is 3.70. The van der Waals surface area contributed by atoms with Crippen LogP contribution in [0.15, 0.2) is 36.6 Å². The summed E-state index contributed by atoms with van der Waals surface area (Å²) in [5, 5.41) is 3.16. The van der Waals surface area contributed by atoms with Crippen molar-refractivity contribution in [3.8, 4) is 0 Å². The number of nitrogens with one attached hydrogen (secondary N) is 1. The molecule has 6 heteroatoms. The average Bonchev–Trinajstić information content (AvgIpc) is 2.57. The van der Waals surface area contributed by atoms with Crippen molar-refractivity contribution in [3.63, 3.8) is 0 Å². The second-order valence-corrected chi connectivity index (χ2v) is 5.77. The molecule has 0 saturated heterocycles. The van der Waals surface area contributed by atoms with Gasteiger partial charge in [0.15, 0.2) is 0 Å². The molecule has 0 aliphatic rings. The van der Waals surface area contributed by atoms with Crippen molar-refractivity contribution in [2.45, 2.75) is 12.8 Å². The largest absolute Gasteiger partial charge is 0.501 e. The molecule has 1 aromatic carbocycles. The number of nitrogens with zero attached hydrogens (tertiary/aromatic N) is 3. The van der Waals surface area contributed by atoms with Crippen molar-refractivity contribution < 1.29 is 4.74 Å². The van der Waals surface area contributed by atoms with Crippen LogP contribution in [0.3, 0.4) is 0 Å². The lowest BCUT2D eigenvalue weighted by atomic mass is 10.1. The van der Waals surface area contributed by atoms with Crippen LogP contribution in [0.1, 0.15) is 17.0 Å². The number of hydrogen-bond acceptors (Lipinski definition) is 6. The van der Waals surface area contributed by atoms with Crippen LogP contribution < -0.4 is 16.0 Å². The summed E-state index contributed by atoms with van der Waals surface area (Å²) in [5.74, 6) is 3.07. The number of rotatable bonds is 7. The summed E-state index contributed by atoms with van der Waals surface area (Å²) in [4.78, 5) is 11.4. The minimum Gasteiger partial charge on any atom is -0.501 e. The van der Waals surface area contributed by atoms with Crippen LogP contribution in [0, 0.1) is 0 Å². The van der Waals surface area contributed by atoms with E-state index in [2.05, 4.69) is 16.9 Å². The van der Waals surface area contributed by atoms with E-state index in [1.54, 1.807) is 7.11 Å². The molecule has 0 bridgehead atoms. The summed E-state index contributed by atoms with van der Waals surface area (Å²) in [7, 11) is 7.41. The second kappa shape index (κ2) is 7.68. The van der Waals surface area contributed by atoms with Crippen LogP contribution in [-0.4, -0.2) is 38.2 Å². The molecule has 1 aromatic heterocycles. The van der Waals surface area contributed by atoms with Crippen LogP contribution in [0.5, 0.6) is 0 Å². The highest BCUT2D eigenvalue weighted by atomic mass is 16.5. The van der Waals surface area contributed by atoms with Crippen LogP contribution >= 0.6 is 0 Å². The van der Waals surface area contributed by atoms with Crippen molar-refractivity contribution >= 4 is 17.3 Å². The molecule has 0 radical (unpaired) electrons. The van der Waals surface area contributed by atoms with E-state index in [-0.39, 0.29) is 0 Å². The Morgan fingerprint density at radius 1 is 1.25 bits per heavy atom. The van der Waals surface area contributed by atoms with Crippen molar-refractivity contribution in [2.24, 2.45) is 0 Å². The predicted octanol–water partition coefficient (Wildman–Crippen LogP) is 2.46. The molecular formula is C18H25N5O. The molecule has 0 atom stereocenters. The quantitative estimate of drug-likeness (QED) is 0.601. The summed E-state index contributed by atoms with van der Waals surface area (Å²) in [6, 6.07) is 7.76. The van der Waals surface area contributed by atoms with Gasteiger partial charge in [-0.25, -0.2) is 9.97 Å². The molecule has 0 aliphatic heterocycles. The van der Waals surface area contributed by atoms with Crippen molar-refractivity contribution in [3.05, 3.63) is 53.6 Å². The van der Waals surface area contributed by atoms with E-state index in [9.17, 15) is 0 Å². The SMILES string of the molecule is C=C(Cc1c(NC)nc(Cc2ccc(N)cc2)nc1N(C)C)OC. The first kappa shape index (κ1) is 17.6. The molecule has 24 heavy (non-hydrogen) atoms. The van der Waals surface area contributed by atoms with Crippen LogP contribution in [0.4, 0.5) is 17.3 Å². The van der Waals surface area contributed by atoms with Crippen molar-refractivity contribution in [1.82, 2.24) is 9.97 Å². The minimum absolute atomic E-state index is 0.558. The van der Waals surface area contributed by atoms with E-state index in [1.807, 2.05) is 50.3 Å². The van der Waals surface area contributed by atoms with E-state index >= 15 is 0 Å². The number of methoxy groups -OCH3 is 1. The van der Waals surface area contributed by atoms with Gasteiger partial charge in [-0.2, -0.15) is 0 Å². The molecule has 2 aromatic rings. The fourth-order valence-electron chi connectivity index (χ4n) is 2.42. The van der Waals surface area contributed by atoms with E-state index in [1.165, 1.54) is 0 Å². The maximum Gasteiger partial charge on any atom is 0.137 e. The highest BCUT2D eigenvalue weighted by Gasteiger charge is 2.17. The zero-order valence-electron chi connectivity index (χ0n) is 14.8. The number of nitrogen functional groups attached to an aromatic ring is 1. The Bertz CT molecular complexity index is 710. The van der Waals surface area contributed by atoms with Crippen LogP contribution in [0.2, 0.25) is 0 Å². The Labute approximate surface area is 143 Å². The number of aromatic nitrogens is 2. The predicted molar refractivity (Wildman–Crippen MR) is 99.4 cm³/mol. The maximum atomic E-state index is 5.74. The molecule has 0 fully saturated rings. The summed E-state index contributed by atoms with van der Waals surface area (Å²) in [6.07, 6.45) is 1.20. The highest BCUT2D eigenvalue weighted by molar-refractivity contribution is 5.60. The van der Waals surface area contributed by atoms with Gasteiger partial charge in [-0.05, 0) is 17.7 Å². The van der Waals surface area contributed by atoms with Gasteiger partial charge in [0.2, 0.25) is 0 Å². The third kappa shape index (κ3) is 4.16. The Morgan fingerprint density at radius 2 is 1.92 bits per heavy atom. The molecular weight excluding hydrogens is 302 g/mol. The monoisotopic (exact) mass is 327 g/mol. The Hall–Kier alpha value is -2.76. The minimum atomic E-state index is 0.558. The Kier molecular flexibility index (Phi) is 5.63. The molecule has 2 rings (SSSR count). The number of anilines is 3. The lowest BCUT2D eigenvalue weighted by Gasteiger charge is -2.20. The summed E-state index contributed by atoms with van der Waals surface area (Å²) in [5.41, 5.74) is 8.57. The lowest BCUT2D eigenvalue weighted by molar-refractivity contribution is 0.285. The standard InChI is InChI=1S/C18H25N5O/c1-12(24-5)10-15-17(20-2)21-16(22-18(15)23(3)4)11-13-6-8-14(19)9-7-13/h6-9H,1,10-11,19H2,2-5H3,(H,20,21,22). The molecule has 0 spiro atoms. The van der Waals surface area contributed by atoms with Gasteiger partial charge in [0, 0.05) is 45.2 Å². The molecule has 0 unspecified atom stereocenters. The van der Waals surface area contributed by atoms with E-state index in [0.717, 1.165) is 34.3 Å². The molecule has 6 nitrogen and oxygen atoms in total. The molecule has 128 valence electrons. The van der Waals surface area contributed by atoms with Gasteiger partial charge in [-0.15, -0.1) is 0 Å². The van der Waals surface area contributed by atoms with Crippen LogP contribution in [-0.2, 0) is 17.6 Å². The first-order valence-electron chi connectivity index (χ1n) is 7.75. The van der Waals surface area contributed by atoms with Crippen molar-refractivity contribution in [2.75, 3.05) is 44.2 Å². The number of benzene rings is 1. The van der Waals surface area contributed by atoms with E-state index in [4.69, 9.17) is 15.5 Å². The molecule has 0 saturated carbocycles. The molecule has 3 N–H and O–H groups in total. The molecule has 0 amide bonds. The summed E-state index contributed by atoms with van der Waals surface area (Å²) < 4.78 is 5.22. The fraction of sp³-hybridized carbons (Fsp3) is 0.333. The zero-order valence-corrected chi connectivity index (χ0v) is 14.8. The highest BCUT2D eigenvalue weighted by Crippen LogP contribution is 2.26. The summed E-state index contributed by atoms with van der Waals surface area (Å²) >= 11 is 0. The van der Waals surface area contributed by atoms with Gasteiger partial charge in [-0.3, -0.25) is 0 Å². The fourth-order valence-corrected chi connectivity index (χ4v) is 2.42.